The van der Waals surface area contributed by atoms with Gasteiger partial charge in [-0.15, -0.1) is 0 Å². The Morgan fingerprint density at radius 3 is 2.15 bits per heavy atom. The van der Waals surface area contributed by atoms with E-state index in [-0.39, 0.29) is 11.6 Å². The quantitative estimate of drug-likeness (QED) is 0.560. The number of carbonyl (C=O) groups excluding carboxylic acids is 1. The molecule has 0 heterocycles. The van der Waals surface area contributed by atoms with Crippen LogP contribution < -0.4 is 10.6 Å². The maximum absolute atomic E-state index is 13.9. The average Bonchev–Trinajstić information content (AvgIpc) is 2.59. The van der Waals surface area contributed by atoms with Gasteiger partial charge in [-0.05, 0) is 18.1 Å². The number of carbonyl (C=O) groups is 1. The lowest BCUT2D eigenvalue weighted by molar-refractivity contribution is -0.395. The van der Waals surface area contributed by atoms with Crippen LogP contribution in [0.5, 0.6) is 0 Å². The molecular formula is C17H17FN4O5. The van der Waals surface area contributed by atoms with E-state index in [0.717, 1.165) is 0 Å². The first-order valence-corrected chi connectivity index (χ1v) is 7.95. The van der Waals surface area contributed by atoms with E-state index >= 15 is 0 Å². The molecule has 0 bridgehead atoms. The maximum Gasteiger partial charge on any atom is 0.311 e. The molecule has 0 radical (unpaired) electrons. The lowest BCUT2D eigenvalue weighted by Crippen LogP contribution is -2.39. The number of nitrogens with one attached hydrogen (secondary N) is 2. The Morgan fingerprint density at radius 2 is 1.63 bits per heavy atom. The summed E-state index contributed by atoms with van der Waals surface area (Å²) >= 11 is 0. The lowest BCUT2D eigenvalue weighted by Gasteiger charge is -2.22. The molecule has 0 saturated heterocycles. The molecule has 2 aromatic carbocycles. The molecule has 0 aliphatic carbocycles. The first-order chi connectivity index (χ1) is 12.7. The van der Waals surface area contributed by atoms with Gasteiger partial charge in [-0.1, -0.05) is 32.0 Å². The largest absolute Gasteiger partial charge is 0.368 e. The van der Waals surface area contributed by atoms with Crippen molar-refractivity contribution >= 4 is 28.7 Å². The van der Waals surface area contributed by atoms with Gasteiger partial charge in [0, 0.05) is 11.8 Å². The van der Waals surface area contributed by atoms with Crippen LogP contribution in [0.1, 0.15) is 13.8 Å². The lowest BCUT2D eigenvalue weighted by atomic mass is 10.0. The van der Waals surface area contributed by atoms with Gasteiger partial charge < -0.3 is 10.6 Å². The highest BCUT2D eigenvalue weighted by Crippen LogP contribution is 2.32. The average molecular weight is 376 g/mol. The number of benzene rings is 2. The number of rotatable bonds is 7. The fourth-order valence-electron chi connectivity index (χ4n) is 2.40. The molecule has 0 fully saturated rings. The van der Waals surface area contributed by atoms with Crippen LogP contribution in [-0.4, -0.2) is 21.8 Å². The molecule has 142 valence electrons. The zero-order chi connectivity index (χ0) is 20.1. The van der Waals surface area contributed by atoms with Gasteiger partial charge in [-0.2, -0.15) is 4.39 Å². The fourth-order valence-corrected chi connectivity index (χ4v) is 2.40. The number of nitro groups is 2. The van der Waals surface area contributed by atoms with Gasteiger partial charge in [0.25, 0.3) is 5.69 Å². The van der Waals surface area contributed by atoms with E-state index < -0.39 is 39.0 Å². The predicted octanol–water partition coefficient (Wildman–Crippen LogP) is 3.72. The SMILES string of the molecule is CC(C)[C@H](Nc1cc(F)c([N+](=O)[O-])cc1[N+](=O)[O-])C(=O)Nc1ccccc1. The molecule has 1 amide bonds. The fraction of sp³-hybridized carbons (Fsp3) is 0.235. The van der Waals surface area contributed by atoms with E-state index in [0.29, 0.717) is 17.8 Å². The number of hydrogen-bond acceptors (Lipinski definition) is 6. The van der Waals surface area contributed by atoms with Crippen molar-refractivity contribution in [3.05, 3.63) is 68.5 Å². The van der Waals surface area contributed by atoms with Crippen molar-refractivity contribution in [2.45, 2.75) is 19.9 Å². The molecule has 0 aromatic heterocycles. The number of nitrogens with zero attached hydrogens (tertiary/aromatic N) is 2. The zero-order valence-electron chi connectivity index (χ0n) is 14.5. The summed E-state index contributed by atoms with van der Waals surface area (Å²) in [5.41, 5.74) is -1.49. The number of amides is 1. The van der Waals surface area contributed by atoms with Crippen molar-refractivity contribution in [3.8, 4) is 0 Å². The van der Waals surface area contributed by atoms with E-state index in [2.05, 4.69) is 10.6 Å². The molecule has 1 atom stereocenters. The van der Waals surface area contributed by atoms with E-state index in [4.69, 9.17) is 0 Å². The van der Waals surface area contributed by atoms with Crippen LogP contribution in [0.25, 0.3) is 0 Å². The summed E-state index contributed by atoms with van der Waals surface area (Å²) in [7, 11) is 0. The molecule has 0 saturated carbocycles. The van der Waals surface area contributed by atoms with Crippen molar-refractivity contribution in [3.63, 3.8) is 0 Å². The second-order valence-corrected chi connectivity index (χ2v) is 6.06. The van der Waals surface area contributed by atoms with Crippen LogP contribution in [0, 0.1) is 32.0 Å². The Kier molecular flexibility index (Phi) is 6.01. The number of hydrogen-bond donors (Lipinski definition) is 2. The van der Waals surface area contributed by atoms with E-state index in [9.17, 15) is 29.4 Å². The summed E-state index contributed by atoms with van der Waals surface area (Å²) in [6.07, 6.45) is 0. The summed E-state index contributed by atoms with van der Waals surface area (Å²) in [6, 6.07) is 8.81. The molecule has 0 spiro atoms. The van der Waals surface area contributed by atoms with E-state index in [1.807, 2.05) is 0 Å². The first kappa shape index (κ1) is 19.8. The molecule has 0 aliphatic rings. The highest BCUT2D eigenvalue weighted by Gasteiger charge is 2.29. The summed E-state index contributed by atoms with van der Waals surface area (Å²) in [6.45, 7) is 3.41. The Labute approximate surface area is 153 Å². The van der Waals surface area contributed by atoms with Crippen LogP contribution in [0.15, 0.2) is 42.5 Å². The van der Waals surface area contributed by atoms with Crippen molar-refractivity contribution in [2.75, 3.05) is 10.6 Å². The van der Waals surface area contributed by atoms with Gasteiger partial charge in [-0.25, -0.2) is 0 Å². The van der Waals surface area contributed by atoms with Gasteiger partial charge >= 0.3 is 5.69 Å². The maximum atomic E-state index is 13.9. The number of anilines is 2. The van der Waals surface area contributed by atoms with Crippen molar-refractivity contribution < 1.29 is 19.0 Å². The standard InChI is InChI=1S/C17H17FN4O5/c1-10(2)16(17(23)19-11-6-4-3-5-7-11)20-13-8-12(18)14(21(24)25)9-15(13)22(26)27/h3-10,16,20H,1-2H3,(H,19,23)/t16-/m0/s1. The molecular weight excluding hydrogens is 359 g/mol. The minimum Gasteiger partial charge on any atom is -0.368 e. The highest BCUT2D eigenvalue weighted by molar-refractivity contribution is 5.97. The Balaban J connectivity index is 2.35. The second kappa shape index (κ2) is 8.21. The van der Waals surface area contributed by atoms with Crippen LogP contribution in [0.2, 0.25) is 0 Å². The second-order valence-electron chi connectivity index (χ2n) is 6.06. The molecule has 0 unspecified atom stereocenters. The Hall–Kier alpha value is -3.56. The number of halogens is 1. The van der Waals surface area contributed by atoms with Crippen LogP contribution >= 0.6 is 0 Å². The summed E-state index contributed by atoms with van der Waals surface area (Å²) < 4.78 is 13.9. The summed E-state index contributed by atoms with van der Waals surface area (Å²) in [4.78, 5) is 32.7. The summed E-state index contributed by atoms with van der Waals surface area (Å²) in [5.74, 6) is -2.03. The highest BCUT2D eigenvalue weighted by atomic mass is 19.1. The van der Waals surface area contributed by atoms with Crippen LogP contribution in [-0.2, 0) is 4.79 Å². The molecule has 9 nitrogen and oxygen atoms in total. The number of para-hydroxylation sites is 1. The monoisotopic (exact) mass is 376 g/mol. The first-order valence-electron chi connectivity index (χ1n) is 7.95. The molecule has 2 rings (SSSR count). The van der Waals surface area contributed by atoms with Crippen molar-refractivity contribution in [1.29, 1.82) is 0 Å². The molecule has 2 N–H and O–H groups in total. The topological polar surface area (TPSA) is 127 Å². The Morgan fingerprint density at radius 1 is 1.04 bits per heavy atom. The third kappa shape index (κ3) is 4.75. The van der Waals surface area contributed by atoms with Gasteiger partial charge in [0.15, 0.2) is 0 Å². The Bertz CT molecular complexity index is 873. The van der Waals surface area contributed by atoms with Crippen molar-refractivity contribution in [1.82, 2.24) is 0 Å². The molecule has 27 heavy (non-hydrogen) atoms. The molecule has 0 aliphatic heterocycles. The van der Waals surface area contributed by atoms with E-state index in [1.54, 1.807) is 44.2 Å². The smallest absolute Gasteiger partial charge is 0.311 e. The number of nitro benzene ring substituents is 2. The predicted molar refractivity (Wildman–Crippen MR) is 97.0 cm³/mol. The van der Waals surface area contributed by atoms with Crippen LogP contribution in [0.3, 0.4) is 0 Å². The van der Waals surface area contributed by atoms with Gasteiger partial charge in [0.05, 0.1) is 15.9 Å². The molecule has 2 aromatic rings. The molecule has 10 heteroatoms. The normalized spacial score (nSPS) is 11.7. The van der Waals surface area contributed by atoms with Gasteiger partial charge in [-0.3, -0.25) is 25.0 Å². The summed E-state index contributed by atoms with van der Waals surface area (Å²) in [5, 5.41) is 27.4. The third-order valence-corrected chi connectivity index (χ3v) is 3.76. The zero-order valence-corrected chi connectivity index (χ0v) is 14.5. The third-order valence-electron chi connectivity index (χ3n) is 3.76. The van der Waals surface area contributed by atoms with E-state index in [1.165, 1.54) is 0 Å². The van der Waals surface area contributed by atoms with Gasteiger partial charge in [0.2, 0.25) is 11.7 Å². The van der Waals surface area contributed by atoms with Crippen molar-refractivity contribution in [2.24, 2.45) is 5.92 Å². The minimum absolute atomic E-state index is 0.313. The van der Waals surface area contributed by atoms with Crippen LogP contribution in [0.4, 0.5) is 27.1 Å². The van der Waals surface area contributed by atoms with Gasteiger partial charge in [0.1, 0.15) is 11.7 Å². The minimum atomic E-state index is -1.24.